The molecule has 2 N–H and O–H groups in total. The predicted octanol–water partition coefficient (Wildman–Crippen LogP) is 1.23. The summed E-state index contributed by atoms with van der Waals surface area (Å²) in [6, 6.07) is 0.571. The second-order valence-electron chi connectivity index (χ2n) is 3.21. The van der Waals surface area contributed by atoms with E-state index in [2.05, 4.69) is 29.5 Å². The fourth-order valence-corrected chi connectivity index (χ4v) is 1.57. The zero-order chi connectivity index (χ0) is 9.52. The van der Waals surface area contributed by atoms with Crippen LogP contribution in [-0.4, -0.2) is 24.1 Å². The maximum Gasteiger partial charge on any atom is 0.106 e. The van der Waals surface area contributed by atoms with Crippen molar-refractivity contribution in [2.45, 2.75) is 26.4 Å². The topological polar surface area (TPSA) is 37.0 Å². The maximum atomic E-state index is 4.18. The SMILES string of the molecule is CC(C)NCCNCc1nccs1. The van der Waals surface area contributed by atoms with E-state index in [4.69, 9.17) is 0 Å². The summed E-state index contributed by atoms with van der Waals surface area (Å²) in [4.78, 5) is 4.18. The molecule has 0 aliphatic heterocycles. The summed E-state index contributed by atoms with van der Waals surface area (Å²) in [5, 5.41) is 9.83. The Morgan fingerprint density at radius 1 is 1.46 bits per heavy atom. The van der Waals surface area contributed by atoms with Crippen LogP contribution in [0.1, 0.15) is 18.9 Å². The van der Waals surface area contributed by atoms with Gasteiger partial charge >= 0.3 is 0 Å². The van der Waals surface area contributed by atoms with Gasteiger partial charge in [0.2, 0.25) is 0 Å². The standard InChI is InChI=1S/C9H17N3S/c1-8(2)11-4-3-10-7-9-12-5-6-13-9/h5-6,8,10-11H,3-4,7H2,1-2H3. The first-order valence-electron chi connectivity index (χ1n) is 4.61. The fraction of sp³-hybridized carbons (Fsp3) is 0.667. The van der Waals surface area contributed by atoms with Gasteiger partial charge in [-0.1, -0.05) is 13.8 Å². The molecule has 0 radical (unpaired) electrons. The van der Waals surface area contributed by atoms with Gasteiger partial charge in [0.25, 0.3) is 0 Å². The second kappa shape index (κ2) is 6.07. The van der Waals surface area contributed by atoms with E-state index in [1.807, 2.05) is 11.6 Å². The average molecular weight is 199 g/mol. The highest BCUT2D eigenvalue weighted by atomic mass is 32.1. The van der Waals surface area contributed by atoms with Gasteiger partial charge in [-0.25, -0.2) is 4.98 Å². The number of thiazole rings is 1. The average Bonchev–Trinajstić information content (AvgIpc) is 2.55. The molecule has 1 aromatic heterocycles. The zero-order valence-corrected chi connectivity index (χ0v) is 9.03. The van der Waals surface area contributed by atoms with Crippen molar-refractivity contribution in [2.24, 2.45) is 0 Å². The highest BCUT2D eigenvalue weighted by Crippen LogP contribution is 2.01. The predicted molar refractivity (Wildman–Crippen MR) is 57.0 cm³/mol. The third-order valence-corrected chi connectivity index (χ3v) is 2.39. The van der Waals surface area contributed by atoms with Gasteiger partial charge in [0, 0.05) is 37.3 Å². The number of hydrogen-bond acceptors (Lipinski definition) is 4. The number of nitrogens with one attached hydrogen (secondary N) is 2. The molecule has 0 unspecified atom stereocenters. The highest BCUT2D eigenvalue weighted by molar-refractivity contribution is 7.09. The Kier molecular flexibility index (Phi) is 4.97. The molecule has 0 aliphatic carbocycles. The summed E-state index contributed by atoms with van der Waals surface area (Å²) in [5.41, 5.74) is 0. The molecule has 0 fully saturated rings. The minimum absolute atomic E-state index is 0.571. The summed E-state index contributed by atoms with van der Waals surface area (Å²) in [5.74, 6) is 0. The maximum absolute atomic E-state index is 4.18. The third-order valence-electron chi connectivity index (χ3n) is 1.61. The first kappa shape index (κ1) is 10.6. The number of aromatic nitrogens is 1. The van der Waals surface area contributed by atoms with Crippen LogP contribution in [0.25, 0.3) is 0 Å². The van der Waals surface area contributed by atoms with E-state index in [-0.39, 0.29) is 0 Å². The summed E-state index contributed by atoms with van der Waals surface area (Å²) in [6.07, 6.45) is 1.84. The molecule has 13 heavy (non-hydrogen) atoms. The molecule has 0 atom stereocenters. The van der Waals surface area contributed by atoms with Crippen molar-refractivity contribution in [3.8, 4) is 0 Å². The van der Waals surface area contributed by atoms with Crippen molar-refractivity contribution in [1.82, 2.24) is 15.6 Å². The fourth-order valence-electron chi connectivity index (χ4n) is 0.985. The molecule has 74 valence electrons. The molecule has 0 bridgehead atoms. The molecule has 0 saturated carbocycles. The van der Waals surface area contributed by atoms with Gasteiger partial charge in [-0.05, 0) is 0 Å². The van der Waals surface area contributed by atoms with Crippen LogP contribution >= 0.6 is 11.3 Å². The van der Waals surface area contributed by atoms with Crippen LogP contribution in [0, 0.1) is 0 Å². The quantitative estimate of drug-likeness (QED) is 0.677. The smallest absolute Gasteiger partial charge is 0.106 e. The van der Waals surface area contributed by atoms with E-state index < -0.39 is 0 Å². The molecule has 1 rings (SSSR count). The first-order valence-corrected chi connectivity index (χ1v) is 5.49. The minimum Gasteiger partial charge on any atom is -0.313 e. The van der Waals surface area contributed by atoms with E-state index in [1.165, 1.54) is 0 Å². The van der Waals surface area contributed by atoms with E-state index in [0.717, 1.165) is 24.6 Å². The molecule has 0 aliphatic rings. The monoisotopic (exact) mass is 199 g/mol. The van der Waals surface area contributed by atoms with Crippen LogP contribution in [0.5, 0.6) is 0 Å². The van der Waals surface area contributed by atoms with Crippen LogP contribution < -0.4 is 10.6 Å². The van der Waals surface area contributed by atoms with Gasteiger partial charge in [0.1, 0.15) is 5.01 Å². The second-order valence-corrected chi connectivity index (χ2v) is 4.19. The Morgan fingerprint density at radius 3 is 2.92 bits per heavy atom. The molecule has 0 saturated heterocycles. The Hall–Kier alpha value is -0.450. The third kappa shape index (κ3) is 4.98. The van der Waals surface area contributed by atoms with Crippen molar-refractivity contribution >= 4 is 11.3 Å². The first-order chi connectivity index (χ1) is 6.29. The summed E-state index contributed by atoms with van der Waals surface area (Å²) in [7, 11) is 0. The van der Waals surface area contributed by atoms with E-state index >= 15 is 0 Å². The minimum atomic E-state index is 0.571. The van der Waals surface area contributed by atoms with Gasteiger partial charge in [-0.2, -0.15) is 0 Å². The molecule has 1 heterocycles. The summed E-state index contributed by atoms with van der Waals surface area (Å²) < 4.78 is 0. The van der Waals surface area contributed by atoms with Gasteiger partial charge in [-0.3, -0.25) is 0 Å². The molecule has 0 amide bonds. The van der Waals surface area contributed by atoms with Crippen LogP contribution in [0.4, 0.5) is 0 Å². The number of rotatable bonds is 6. The van der Waals surface area contributed by atoms with Crippen molar-refractivity contribution in [2.75, 3.05) is 13.1 Å². The van der Waals surface area contributed by atoms with Crippen molar-refractivity contribution in [3.05, 3.63) is 16.6 Å². The number of nitrogens with zero attached hydrogens (tertiary/aromatic N) is 1. The van der Waals surface area contributed by atoms with Crippen LogP contribution in [0.3, 0.4) is 0 Å². The van der Waals surface area contributed by atoms with E-state index in [1.54, 1.807) is 11.3 Å². The van der Waals surface area contributed by atoms with Crippen LogP contribution in [0.2, 0.25) is 0 Å². The molecule has 0 spiro atoms. The Labute approximate surface area is 83.6 Å². The zero-order valence-electron chi connectivity index (χ0n) is 8.21. The molecular formula is C9H17N3S. The lowest BCUT2D eigenvalue weighted by atomic mass is 10.4. The van der Waals surface area contributed by atoms with Crippen LogP contribution in [0.15, 0.2) is 11.6 Å². The lowest BCUT2D eigenvalue weighted by Crippen LogP contribution is -2.31. The van der Waals surface area contributed by atoms with Crippen molar-refractivity contribution in [3.63, 3.8) is 0 Å². The van der Waals surface area contributed by atoms with Gasteiger partial charge < -0.3 is 10.6 Å². The molecule has 3 nitrogen and oxygen atoms in total. The number of hydrogen-bond donors (Lipinski definition) is 2. The largest absolute Gasteiger partial charge is 0.313 e. The molecule has 0 aromatic carbocycles. The van der Waals surface area contributed by atoms with E-state index in [9.17, 15) is 0 Å². The van der Waals surface area contributed by atoms with Crippen LogP contribution in [-0.2, 0) is 6.54 Å². The molecular weight excluding hydrogens is 182 g/mol. The van der Waals surface area contributed by atoms with Crippen molar-refractivity contribution in [1.29, 1.82) is 0 Å². The van der Waals surface area contributed by atoms with Gasteiger partial charge in [-0.15, -0.1) is 11.3 Å². The Balaban J connectivity index is 1.96. The lowest BCUT2D eigenvalue weighted by molar-refractivity contribution is 0.555. The van der Waals surface area contributed by atoms with Crippen molar-refractivity contribution < 1.29 is 0 Å². The Bertz CT molecular complexity index is 209. The highest BCUT2D eigenvalue weighted by Gasteiger charge is 1.94. The lowest BCUT2D eigenvalue weighted by Gasteiger charge is -2.07. The summed E-state index contributed by atoms with van der Waals surface area (Å²) in [6.45, 7) is 7.21. The van der Waals surface area contributed by atoms with E-state index in [0.29, 0.717) is 6.04 Å². The molecule has 1 aromatic rings. The molecule has 4 heteroatoms. The Morgan fingerprint density at radius 2 is 2.31 bits per heavy atom. The van der Waals surface area contributed by atoms with Gasteiger partial charge in [0.15, 0.2) is 0 Å². The van der Waals surface area contributed by atoms with Gasteiger partial charge in [0.05, 0.1) is 0 Å². The summed E-state index contributed by atoms with van der Waals surface area (Å²) >= 11 is 1.69. The normalized spacial score (nSPS) is 11.0.